The van der Waals surface area contributed by atoms with Crippen LogP contribution in [-0.2, 0) is 10.2 Å². The van der Waals surface area contributed by atoms with Gasteiger partial charge in [-0.3, -0.25) is 14.5 Å². The molecule has 48 heavy (non-hydrogen) atoms. The normalized spacial score (nSPS) is 18.6. The van der Waals surface area contributed by atoms with E-state index >= 15 is 0 Å². The number of benzene rings is 2. The highest BCUT2D eigenvalue weighted by atomic mass is 32.1. The molecule has 256 valence electrons. The summed E-state index contributed by atoms with van der Waals surface area (Å²) in [5, 5.41) is 88.4. The number of morpholine rings is 1. The lowest BCUT2D eigenvalue weighted by Gasteiger charge is -2.54. The van der Waals surface area contributed by atoms with Crippen LogP contribution in [0.5, 0.6) is 5.75 Å². The Hall–Kier alpha value is -4.25. The molecule has 4 heterocycles. The van der Waals surface area contributed by atoms with Gasteiger partial charge in [-0.1, -0.05) is 49.4 Å². The fourth-order valence-corrected chi connectivity index (χ4v) is 5.91. The minimum Gasteiger partial charge on any atom is -0.492 e. The first-order valence-electron chi connectivity index (χ1n) is 14.3. The van der Waals surface area contributed by atoms with Crippen LogP contribution in [-0.4, -0.2) is 103 Å². The monoisotopic (exact) mass is 688 g/mol. The van der Waals surface area contributed by atoms with Gasteiger partial charge in [0.1, 0.15) is 18.1 Å². The molecule has 0 bridgehead atoms. The minimum atomic E-state index is -4.03. The van der Waals surface area contributed by atoms with Gasteiger partial charge in [-0.2, -0.15) is 4.90 Å². The Labute approximate surface area is 274 Å². The van der Waals surface area contributed by atoms with Crippen molar-refractivity contribution in [2.75, 3.05) is 23.8 Å². The van der Waals surface area contributed by atoms with Crippen molar-refractivity contribution in [2.24, 2.45) is 0 Å². The molecule has 1 aliphatic heterocycles. The van der Waals surface area contributed by atoms with Gasteiger partial charge in [0.05, 0.1) is 15.9 Å². The van der Waals surface area contributed by atoms with Crippen molar-refractivity contribution in [1.82, 2.24) is 19.4 Å². The SMILES string of the molecule is CC(C)(C)c1cc(NC(=O)Nc2ccc(-c3cn4c(n3)sc3cc(OCCN5C(O)(O)C(O)(O)OC(O)(O)C5(O)O)ccc34)cc2)no1. The van der Waals surface area contributed by atoms with Gasteiger partial charge in [-0.05, 0) is 30.3 Å². The summed E-state index contributed by atoms with van der Waals surface area (Å²) < 4.78 is 17.3. The number of carbonyl (C=O) groups excluding carboxylic acids is 1. The molecule has 2 amide bonds. The number of rotatable bonds is 7. The molecule has 0 aliphatic carbocycles. The molecule has 5 aromatic rings. The summed E-state index contributed by atoms with van der Waals surface area (Å²) in [4.78, 5) is 17.6. The largest absolute Gasteiger partial charge is 0.492 e. The predicted molar refractivity (Wildman–Crippen MR) is 166 cm³/mol. The Morgan fingerprint density at radius 2 is 1.60 bits per heavy atom. The first kappa shape index (κ1) is 33.6. The van der Waals surface area contributed by atoms with E-state index in [0.29, 0.717) is 27.9 Å². The lowest BCUT2D eigenvalue weighted by molar-refractivity contribution is -0.657. The molecule has 0 saturated carbocycles. The van der Waals surface area contributed by atoms with Crippen molar-refractivity contribution < 1.29 is 59.6 Å². The van der Waals surface area contributed by atoms with Crippen LogP contribution in [0, 0.1) is 0 Å². The van der Waals surface area contributed by atoms with E-state index < -0.39 is 43.0 Å². The van der Waals surface area contributed by atoms with Crippen LogP contribution in [0.3, 0.4) is 0 Å². The quantitative estimate of drug-likeness (QED) is 0.104. The van der Waals surface area contributed by atoms with Crippen molar-refractivity contribution >= 4 is 44.1 Å². The van der Waals surface area contributed by atoms with E-state index in [2.05, 4.69) is 20.5 Å². The van der Waals surface area contributed by atoms with E-state index in [9.17, 15) is 45.6 Å². The second-order valence-electron chi connectivity index (χ2n) is 12.1. The van der Waals surface area contributed by atoms with Crippen LogP contribution < -0.4 is 15.4 Å². The Bertz CT molecular complexity index is 1950. The number of thiazole rings is 1. The smallest absolute Gasteiger partial charge is 0.356 e. The molecule has 2 aromatic carbocycles. The second-order valence-corrected chi connectivity index (χ2v) is 13.1. The number of fused-ring (bicyclic) bond motifs is 3. The standard InChI is InChI=1S/C29H32N6O12S/c1-25(2,3)21-13-22(33-46-21)32-23(36)30-16-6-4-15(5-7-16)18-14-34-19-9-8-17(12-20(19)48-24(34)31-18)45-11-10-35-26(37,38)28(41,42)47-29(43,44)27(35,39)40/h4-9,12-14,37-44H,10-11H2,1-3H3,(H2,30,32,33,36). The number of amides is 2. The summed E-state index contributed by atoms with van der Waals surface area (Å²) in [6.07, 6.45) is 1.84. The van der Waals surface area contributed by atoms with E-state index in [1.807, 2.05) is 43.5 Å². The molecular formula is C29H32N6O12S. The van der Waals surface area contributed by atoms with Crippen molar-refractivity contribution in [3.8, 4) is 17.0 Å². The number of urea groups is 1. The zero-order chi connectivity index (χ0) is 34.9. The van der Waals surface area contributed by atoms with Gasteiger partial charge in [0.2, 0.25) is 0 Å². The minimum absolute atomic E-state index is 0.235. The zero-order valence-electron chi connectivity index (χ0n) is 25.5. The van der Waals surface area contributed by atoms with Crippen molar-refractivity contribution in [1.29, 1.82) is 0 Å². The Morgan fingerprint density at radius 1 is 0.938 bits per heavy atom. The molecule has 1 saturated heterocycles. The number of nitrogens with one attached hydrogen (secondary N) is 2. The first-order chi connectivity index (χ1) is 22.3. The molecule has 6 rings (SSSR count). The fraction of sp³-hybridized carbons (Fsp3) is 0.345. The number of nitrogens with zero attached hydrogens (tertiary/aromatic N) is 4. The van der Waals surface area contributed by atoms with Gasteiger partial charge in [0, 0.05) is 35.5 Å². The van der Waals surface area contributed by atoms with Gasteiger partial charge < -0.3 is 55.4 Å². The van der Waals surface area contributed by atoms with Crippen LogP contribution in [0.2, 0.25) is 0 Å². The number of anilines is 2. The molecule has 19 heteroatoms. The molecule has 1 aliphatic rings. The maximum Gasteiger partial charge on any atom is 0.356 e. The van der Waals surface area contributed by atoms with Crippen molar-refractivity contribution in [3.63, 3.8) is 0 Å². The number of hydrogen-bond donors (Lipinski definition) is 10. The summed E-state index contributed by atoms with van der Waals surface area (Å²) in [6, 6.07) is 13.3. The molecule has 1 fully saturated rings. The summed E-state index contributed by atoms with van der Waals surface area (Å²) in [7, 11) is 0. The number of aromatic nitrogens is 3. The van der Waals surface area contributed by atoms with Crippen LogP contribution in [0.4, 0.5) is 16.3 Å². The second kappa shape index (κ2) is 11.4. The topological polar surface area (TPSA) is 268 Å². The summed E-state index contributed by atoms with van der Waals surface area (Å²) in [5.41, 5.74) is 2.58. The van der Waals surface area contributed by atoms with Gasteiger partial charge in [0.15, 0.2) is 10.8 Å². The fourth-order valence-electron chi connectivity index (χ4n) is 4.87. The molecule has 0 unspecified atom stereocenters. The van der Waals surface area contributed by atoms with E-state index in [4.69, 9.17) is 14.2 Å². The van der Waals surface area contributed by atoms with Crippen LogP contribution in [0.15, 0.2) is 59.3 Å². The van der Waals surface area contributed by atoms with E-state index in [0.717, 1.165) is 15.8 Å². The number of ether oxygens (including phenoxy) is 2. The number of hydrogen-bond acceptors (Lipinski definition) is 16. The number of imidazole rings is 1. The van der Waals surface area contributed by atoms with E-state index in [1.165, 1.54) is 11.3 Å². The number of aliphatic hydroxyl groups is 8. The molecule has 3 aromatic heterocycles. The lowest BCUT2D eigenvalue weighted by Crippen LogP contribution is -2.84. The Balaban J connectivity index is 1.10. The number of carbonyl (C=O) groups is 1. The summed E-state index contributed by atoms with van der Waals surface area (Å²) in [6.45, 7) is 4.54. The third kappa shape index (κ3) is 5.97. The molecule has 10 N–H and O–H groups in total. The lowest BCUT2D eigenvalue weighted by atomic mass is 9.93. The Morgan fingerprint density at radius 3 is 2.23 bits per heavy atom. The first-order valence-corrected chi connectivity index (χ1v) is 15.1. The van der Waals surface area contributed by atoms with E-state index in [1.54, 1.807) is 36.4 Å². The summed E-state index contributed by atoms with van der Waals surface area (Å²) in [5.74, 6) is -14.6. The highest BCUT2D eigenvalue weighted by molar-refractivity contribution is 7.23. The maximum absolute atomic E-state index is 12.4. The highest BCUT2D eigenvalue weighted by Gasteiger charge is 2.74. The molecule has 0 atom stereocenters. The van der Waals surface area contributed by atoms with Gasteiger partial charge >= 0.3 is 29.8 Å². The van der Waals surface area contributed by atoms with Crippen molar-refractivity contribution in [2.45, 2.75) is 50.0 Å². The van der Waals surface area contributed by atoms with Crippen LogP contribution >= 0.6 is 11.3 Å². The third-order valence-electron chi connectivity index (χ3n) is 7.49. The molecule has 0 radical (unpaired) electrons. The van der Waals surface area contributed by atoms with E-state index in [-0.39, 0.29) is 16.1 Å². The third-order valence-corrected chi connectivity index (χ3v) is 8.51. The Kier molecular flexibility index (Phi) is 8.01. The maximum atomic E-state index is 12.4. The van der Waals surface area contributed by atoms with Crippen molar-refractivity contribution in [3.05, 3.63) is 60.5 Å². The van der Waals surface area contributed by atoms with Gasteiger partial charge in [-0.25, -0.2) is 9.78 Å². The molecule has 18 nitrogen and oxygen atoms in total. The van der Waals surface area contributed by atoms with Gasteiger partial charge in [-0.15, -0.1) is 0 Å². The zero-order valence-corrected chi connectivity index (χ0v) is 26.3. The summed E-state index contributed by atoms with van der Waals surface area (Å²) >= 11 is 1.34. The van der Waals surface area contributed by atoms with Crippen LogP contribution in [0.1, 0.15) is 26.5 Å². The average molecular weight is 689 g/mol. The highest BCUT2D eigenvalue weighted by Crippen LogP contribution is 2.41. The van der Waals surface area contributed by atoms with Gasteiger partial charge in [0.25, 0.3) is 0 Å². The van der Waals surface area contributed by atoms with Crippen LogP contribution in [0.25, 0.3) is 26.4 Å². The predicted octanol–water partition coefficient (Wildman–Crippen LogP) is 0.410. The molecular weight excluding hydrogens is 656 g/mol. The molecule has 0 spiro atoms. The average Bonchev–Trinajstić information content (AvgIpc) is 3.69.